The minimum absolute atomic E-state index is 0.157. The number of hydrogen-bond donors (Lipinski definition) is 2. The van der Waals surface area contributed by atoms with Crippen LogP contribution in [0.25, 0.3) is 11.1 Å². The van der Waals surface area contributed by atoms with Gasteiger partial charge in [-0.3, -0.25) is 9.59 Å². The average molecular weight is 600 g/mol. The third-order valence-corrected chi connectivity index (χ3v) is 8.38. The van der Waals surface area contributed by atoms with Crippen molar-refractivity contribution in [2.45, 2.75) is 56.9 Å². The lowest BCUT2D eigenvalue weighted by Gasteiger charge is -2.35. The van der Waals surface area contributed by atoms with Crippen molar-refractivity contribution in [2.75, 3.05) is 18.5 Å². The number of anilines is 1. The smallest absolute Gasteiger partial charge is 0.416 e. The van der Waals surface area contributed by atoms with Gasteiger partial charge in [0.1, 0.15) is 5.82 Å². The van der Waals surface area contributed by atoms with E-state index in [-0.39, 0.29) is 12.5 Å². The van der Waals surface area contributed by atoms with Gasteiger partial charge in [-0.25, -0.2) is 4.39 Å². The monoisotopic (exact) mass is 599 g/mol. The molecule has 10 heteroatoms. The molecule has 0 radical (unpaired) electrons. The molecule has 0 bridgehead atoms. The molecule has 2 fully saturated rings. The van der Waals surface area contributed by atoms with E-state index in [1.165, 1.54) is 0 Å². The average Bonchev–Trinajstić information content (AvgIpc) is 3.01. The summed E-state index contributed by atoms with van der Waals surface area (Å²) in [6.45, 7) is 1.85. The number of ether oxygens (including phenoxy) is 2. The van der Waals surface area contributed by atoms with Crippen molar-refractivity contribution in [1.29, 1.82) is 0 Å². The van der Waals surface area contributed by atoms with Gasteiger partial charge in [0, 0.05) is 13.2 Å². The SMILES string of the molecule is O=C(O)[C@@H]1[C@@H](c2ccc(-c3ccccc3COC3CCOCC3)cc2)CCC[C@H]1C(=O)Nc1ccc(C(F)(F)F)cc1F. The second-order valence-electron chi connectivity index (χ2n) is 11.1. The molecule has 1 heterocycles. The van der Waals surface area contributed by atoms with Crippen LogP contribution >= 0.6 is 0 Å². The van der Waals surface area contributed by atoms with Gasteiger partial charge in [0.25, 0.3) is 0 Å². The topological polar surface area (TPSA) is 84.9 Å². The summed E-state index contributed by atoms with van der Waals surface area (Å²) in [5.74, 6) is -5.67. The van der Waals surface area contributed by atoms with E-state index in [2.05, 4.69) is 5.32 Å². The molecule has 3 aromatic rings. The Morgan fingerprint density at radius 2 is 1.67 bits per heavy atom. The molecule has 1 aliphatic carbocycles. The van der Waals surface area contributed by atoms with Gasteiger partial charge in [0.05, 0.1) is 35.8 Å². The number of carboxylic acids is 1. The number of alkyl halides is 3. The Bertz CT molecular complexity index is 1440. The van der Waals surface area contributed by atoms with Crippen LogP contribution in [-0.2, 0) is 31.8 Å². The van der Waals surface area contributed by atoms with E-state index in [4.69, 9.17) is 9.47 Å². The molecular weight excluding hydrogens is 566 g/mol. The Morgan fingerprint density at radius 3 is 2.35 bits per heavy atom. The fourth-order valence-corrected chi connectivity index (χ4v) is 6.12. The summed E-state index contributed by atoms with van der Waals surface area (Å²) in [6.07, 6.45) is -1.47. The zero-order chi connectivity index (χ0) is 30.6. The maximum Gasteiger partial charge on any atom is 0.416 e. The Balaban J connectivity index is 1.31. The van der Waals surface area contributed by atoms with Crippen molar-refractivity contribution in [1.82, 2.24) is 0 Å². The van der Waals surface area contributed by atoms with Gasteiger partial charge in [-0.2, -0.15) is 13.2 Å². The highest BCUT2D eigenvalue weighted by molar-refractivity contribution is 5.95. The van der Waals surface area contributed by atoms with Crippen molar-refractivity contribution < 1.29 is 41.7 Å². The van der Waals surface area contributed by atoms with E-state index < -0.39 is 52.9 Å². The first kappa shape index (κ1) is 30.7. The van der Waals surface area contributed by atoms with E-state index >= 15 is 0 Å². The van der Waals surface area contributed by atoms with Crippen LogP contribution in [0.2, 0.25) is 0 Å². The maximum absolute atomic E-state index is 14.4. The van der Waals surface area contributed by atoms with Crippen molar-refractivity contribution in [3.8, 4) is 11.1 Å². The van der Waals surface area contributed by atoms with Crippen LogP contribution in [0.15, 0.2) is 66.7 Å². The molecule has 0 aromatic heterocycles. The van der Waals surface area contributed by atoms with Crippen molar-refractivity contribution in [2.24, 2.45) is 11.8 Å². The van der Waals surface area contributed by atoms with Crippen LogP contribution < -0.4 is 5.32 Å². The van der Waals surface area contributed by atoms with Gasteiger partial charge in [-0.05, 0) is 72.1 Å². The van der Waals surface area contributed by atoms with E-state index in [9.17, 15) is 32.3 Å². The summed E-state index contributed by atoms with van der Waals surface area (Å²) in [4.78, 5) is 25.6. The lowest BCUT2D eigenvalue weighted by atomic mass is 9.69. The van der Waals surface area contributed by atoms with Gasteiger partial charge in [0.2, 0.25) is 5.91 Å². The van der Waals surface area contributed by atoms with Crippen LogP contribution in [0, 0.1) is 17.7 Å². The molecule has 43 heavy (non-hydrogen) atoms. The predicted octanol–water partition coefficient (Wildman–Crippen LogP) is 7.43. The van der Waals surface area contributed by atoms with Crippen LogP contribution in [0.3, 0.4) is 0 Å². The van der Waals surface area contributed by atoms with Gasteiger partial charge in [0.15, 0.2) is 0 Å². The third kappa shape index (κ3) is 7.25. The molecule has 2 aliphatic rings. The van der Waals surface area contributed by atoms with Gasteiger partial charge >= 0.3 is 12.1 Å². The second-order valence-corrected chi connectivity index (χ2v) is 11.1. The first-order valence-corrected chi connectivity index (χ1v) is 14.4. The minimum atomic E-state index is -4.73. The first-order chi connectivity index (χ1) is 20.6. The molecule has 3 atom stereocenters. The number of rotatable bonds is 8. The Labute approximate surface area is 247 Å². The van der Waals surface area contributed by atoms with Crippen LogP contribution in [0.4, 0.5) is 23.2 Å². The molecule has 1 amide bonds. The maximum atomic E-state index is 14.4. The zero-order valence-electron chi connectivity index (χ0n) is 23.4. The second kappa shape index (κ2) is 13.3. The summed E-state index contributed by atoms with van der Waals surface area (Å²) < 4.78 is 64.7. The molecule has 1 saturated carbocycles. The molecule has 5 rings (SSSR count). The lowest BCUT2D eigenvalue weighted by molar-refractivity contribution is -0.148. The summed E-state index contributed by atoms with van der Waals surface area (Å²) in [6, 6.07) is 17.4. The molecular formula is C33H33F4NO5. The molecule has 0 unspecified atom stereocenters. The van der Waals surface area contributed by atoms with Crippen molar-refractivity contribution in [3.63, 3.8) is 0 Å². The highest BCUT2D eigenvalue weighted by Crippen LogP contribution is 2.43. The number of nitrogens with one attached hydrogen (secondary N) is 1. The fraction of sp³-hybridized carbons (Fsp3) is 0.394. The van der Waals surface area contributed by atoms with Crippen LogP contribution in [0.1, 0.15) is 54.7 Å². The van der Waals surface area contributed by atoms with Gasteiger partial charge in [-0.15, -0.1) is 0 Å². The highest BCUT2D eigenvalue weighted by atomic mass is 19.4. The lowest BCUT2D eigenvalue weighted by Crippen LogP contribution is -2.40. The molecule has 1 aliphatic heterocycles. The number of halogens is 4. The first-order valence-electron chi connectivity index (χ1n) is 14.4. The highest BCUT2D eigenvalue weighted by Gasteiger charge is 2.43. The van der Waals surface area contributed by atoms with Crippen LogP contribution in [-0.4, -0.2) is 36.3 Å². The van der Waals surface area contributed by atoms with E-state index in [0.29, 0.717) is 44.8 Å². The number of carboxylic acid groups (broad SMARTS) is 1. The summed E-state index contributed by atoms with van der Waals surface area (Å²) in [5, 5.41) is 12.5. The Morgan fingerprint density at radius 1 is 0.953 bits per heavy atom. The largest absolute Gasteiger partial charge is 0.481 e. The Hall–Kier alpha value is -3.76. The predicted molar refractivity (Wildman–Crippen MR) is 152 cm³/mol. The number of carbonyl (C=O) groups excluding carboxylic acids is 1. The van der Waals surface area contributed by atoms with Gasteiger partial charge < -0.3 is 19.9 Å². The molecule has 2 N–H and O–H groups in total. The molecule has 6 nitrogen and oxygen atoms in total. The number of amides is 1. The summed E-state index contributed by atoms with van der Waals surface area (Å²) >= 11 is 0. The summed E-state index contributed by atoms with van der Waals surface area (Å²) in [5.41, 5.74) is 2.16. The normalized spacial score (nSPS) is 21.3. The summed E-state index contributed by atoms with van der Waals surface area (Å²) in [7, 11) is 0. The molecule has 0 spiro atoms. The van der Waals surface area contributed by atoms with Gasteiger partial charge in [-0.1, -0.05) is 55.0 Å². The fourth-order valence-electron chi connectivity index (χ4n) is 6.12. The number of hydrogen-bond acceptors (Lipinski definition) is 4. The van der Waals surface area contributed by atoms with E-state index in [0.717, 1.165) is 41.2 Å². The number of carbonyl (C=O) groups is 2. The van der Waals surface area contributed by atoms with Crippen molar-refractivity contribution in [3.05, 3.63) is 89.2 Å². The van der Waals surface area contributed by atoms with E-state index in [1.54, 1.807) is 0 Å². The quantitative estimate of drug-likeness (QED) is 0.263. The van der Waals surface area contributed by atoms with E-state index in [1.807, 2.05) is 48.5 Å². The third-order valence-electron chi connectivity index (χ3n) is 8.38. The molecule has 228 valence electrons. The number of aliphatic carboxylic acids is 1. The number of benzene rings is 3. The van der Waals surface area contributed by atoms with Crippen LogP contribution in [0.5, 0.6) is 0 Å². The minimum Gasteiger partial charge on any atom is -0.481 e. The molecule has 1 saturated heterocycles. The Kier molecular flexibility index (Phi) is 9.46. The zero-order valence-corrected chi connectivity index (χ0v) is 23.4. The van der Waals surface area contributed by atoms with Crippen molar-refractivity contribution >= 4 is 17.6 Å². The standard InChI is InChI=1S/C33H33F4NO5/c34-28-18-23(33(35,36)37)12-13-29(28)38-31(39)27-7-3-6-26(30(27)32(40)41)21-10-8-20(9-11-21)25-5-2-1-4-22(25)19-43-24-14-16-42-17-15-24/h1-2,4-5,8-13,18,24,26-27,30H,3,6-7,14-17,19H2,(H,38,39)(H,40,41)/t26-,27-,30-/m1/s1. The molecule has 3 aromatic carbocycles.